The van der Waals surface area contributed by atoms with E-state index >= 15 is 0 Å². The molecule has 90 valence electrons. The van der Waals surface area contributed by atoms with Gasteiger partial charge in [-0.1, -0.05) is 13.0 Å². The smallest absolute Gasteiger partial charge is 0.207 e. The van der Waals surface area contributed by atoms with Crippen LogP contribution in [0.1, 0.15) is 18.9 Å². The lowest BCUT2D eigenvalue weighted by Gasteiger charge is -2.10. The van der Waals surface area contributed by atoms with Gasteiger partial charge in [-0.3, -0.25) is 4.57 Å². The summed E-state index contributed by atoms with van der Waals surface area (Å²) in [7, 11) is 0. The standard InChI is InChI=1S/C13H16FN3/c1-3-6-15-13-16-7-8-17(13)12-9-10(2)4-5-11(12)14/h4-5,7-9H,3,6H2,1-2H3,(H,15,16). The third kappa shape index (κ3) is 2.46. The minimum atomic E-state index is -0.242. The van der Waals surface area contributed by atoms with Crippen LogP contribution < -0.4 is 5.32 Å². The molecule has 0 bridgehead atoms. The number of anilines is 1. The van der Waals surface area contributed by atoms with Crippen LogP contribution in [-0.4, -0.2) is 16.1 Å². The average molecular weight is 233 g/mol. The Balaban J connectivity index is 2.38. The summed E-state index contributed by atoms with van der Waals surface area (Å²) < 4.78 is 15.5. The predicted molar refractivity (Wildman–Crippen MR) is 67.0 cm³/mol. The average Bonchev–Trinajstić information content (AvgIpc) is 2.77. The number of halogens is 1. The number of nitrogens with zero attached hydrogens (tertiary/aromatic N) is 2. The summed E-state index contributed by atoms with van der Waals surface area (Å²) >= 11 is 0. The van der Waals surface area contributed by atoms with E-state index in [1.807, 2.05) is 13.0 Å². The first kappa shape index (κ1) is 11.6. The molecule has 0 aliphatic heterocycles. The largest absolute Gasteiger partial charge is 0.355 e. The zero-order valence-electron chi connectivity index (χ0n) is 10.1. The molecule has 0 radical (unpaired) electrons. The van der Waals surface area contributed by atoms with Crippen LogP contribution in [-0.2, 0) is 0 Å². The number of aryl methyl sites for hydroxylation is 1. The maximum Gasteiger partial charge on any atom is 0.207 e. The molecule has 0 amide bonds. The normalized spacial score (nSPS) is 10.5. The van der Waals surface area contributed by atoms with Gasteiger partial charge in [0, 0.05) is 18.9 Å². The summed E-state index contributed by atoms with van der Waals surface area (Å²) in [4.78, 5) is 4.19. The fourth-order valence-electron chi connectivity index (χ4n) is 1.67. The maximum atomic E-state index is 13.8. The van der Waals surface area contributed by atoms with E-state index < -0.39 is 0 Å². The van der Waals surface area contributed by atoms with Gasteiger partial charge in [-0.25, -0.2) is 9.37 Å². The van der Waals surface area contributed by atoms with E-state index in [9.17, 15) is 4.39 Å². The molecule has 17 heavy (non-hydrogen) atoms. The lowest BCUT2D eigenvalue weighted by atomic mass is 10.2. The van der Waals surface area contributed by atoms with E-state index in [-0.39, 0.29) is 5.82 Å². The lowest BCUT2D eigenvalue weighted by molar-refractivity contribution is 0.618. The van der Waals surface area contributed by atoms with Gasteiger partial charge in [0.05, 0.1) is 5.69 Å². The molecule has 3 nitrogen and oxygen atoms in total. The number of hydrogen-bond donors (Lipinski definition) is 1. The van der Waals surface area contributed by atoms with E-state index in [1.54, 1.807) is 23.0 Å². The first-order valence-electron chi connectivity index (χ1n) is 5.76. The van der Waals surface area contributed by atoms with Gasteiger partial charge in [0.15, 0.2) is 0 Å². The molecule has 1 heterocycles. The molecule has 1 N–H and O–H groups in total. The Hall–Kier alpha value is -1.84. The highest BCUT2D eigenvalue weighted by atomic mass is 19.1. The van der Waals surface area contributed by atoms with Crippen LogP contribution in [0.5, 0.6) is 0 Å². The molecule has 2 rings (SSSR count). The molecule has 1 aromatic heterocycles. The first-order valence-corrected chi connectivity index (χ1v) is 5.76. The molecule has 1 aromatic carbocycles. The van der Waals surface area contributed by atoms with Crippen molar-refractivity contribution in [3.8, 4) is 5.69 Å². The molecule has 0 aliphatic rings. The number of rotatable bonds is 4. The molecule has 0 atom stereocenters. The van der Waals surface area contributed by atoms with E-state index in [0.717, 1.165) is 18.5 Å². The van der Waals surface area contributed by atoms with Crippen LogP contribution in [0.25, 0.3) is 5.69 Å². The maximum absolute atomic E-state index is 13.8. The van der Waals surface area contributed by atoms with Crippen molar-refractivity contribution in [2.75, 3.05) is 11.9 Å². The van der Waals surface area contributed by atoms with Gasteiger partial charge in [-0.15, -0.1) is 0 Å². The van der Waals surface area contributed by atoms with Crippen molar-refractivity contribution in [3.05, 3.63) is 42.0 Å². The number of hydrogen-bond acceptors (Lipinski definition) is 2. The third-order valence-corrected chi connectivity index (χ3v) is 2.54. The summed E-state index contributed by atoms with van der Waals surface area (Å²) in [6.45, 7) is 4.84. The molecule has 0 fully saturated rings. The fourth-order valence-corrected chi connectivity index (χ4v) is 1.67. The summed E-state index contributed by atoms with van der Waals surface area (Å²) in [5.74, 6) is 0.435. The highest BCUT2D eigenvalue weighted by Gasteiger charge is 2.08. The molecule has 0 aliphatic carbocycles. The van der Waals surface area contributed by atoms with Crippen LogP contribution in [0.3, 0.4) is 0 Å². The van der Waals surface area contributed by atoms with E-state index in [1.165, 1.54) is 6.07 Å². The fraction of sp³-hybridized carbons (Fsp3) is 0.308. The van der Waals surface area contributed by atoms with Crippen LogP contribution in [0.2, 0.25) is 0 Å². The number of nitrogens with one attached hydrogen (secondary N) is 1. The van der Waals surface area contributed by atoms with Crippen LogP contribution >= 0.6 is 0 Å². The van der Waals surface area contributed by atoms with Crippen molar-refractivity contribution in [1.29, 1.82) is 0 Å². The third-order valence-electron chi connectivity index (χ3n) is 2.54. The second-order valence-corrected chi connectivity index (χ2v) is 4.00. The zero-order valence-corrected chi connectivity index (χ0v) is 10.1. The van der Waals surface area contributed by atoms with Crippen LogP contribution in [0.15, 0.2) is 30.6 Å². The summed E-state index contributed by atoms with van der Waals surface area (Å²) in [6.07, 6.45) is 4.43. The second-order valence-electron chi connectivity index (χ2n) is 4.00. The van der Waals surface area contributed by atoms with Crippen LogP contribution in [0, 0.1) is 12.7 Å². The Morgan fingerprint density at radius 2 is 2.24 bits per heavy atom. The molecule has 0 unspecified atom stereocenters. The van der Waals surface area contributed by atoms with Gasteiger partial charge in [0.1, 0.15) is 5.82 Å². The Morgan fingerprint density at radius 3 is 3.00 bits per heavy atom. The quantitative estimate of drug-likeness (QED) is 0.879. The van der Waals surface area contributed by atoms with Crippen molar-refractivity contribution in [2.45, 2.75) is 20.3 Å². The van der Waals surface area contributed by atoms with Gasteiger partial charge in [0.25, 0.3) is 0 Å². The molecule has 2 aromatic rings. The van der Waals surface area contributed by atoms with Crippen molar-refractivity contribution < 1.29 is 4.39 Å². The first-order chi connectivity index (χ1) is 8.22. The Morgan fingerprint density at radius 1 is 1.41 bits per heavy atom. The predicted octanol–water partition coefficient (Wildman–Crippen LogP) is 3.14. The van der Waals surface area contributed by atoms with Gasteiger partial charge < -0.3 is 5.32 Å². The Labute approximate surface area is 100 Å². The molecule has 0 saturated carbocycles. The molecular weight excluding hydrogens is 217 g/mol. The number of aromatic nitrogens is 2. The highest BCUT2D eigenvalue weighted by molar-refractivity contribution is 5.44. The minimum Gasteiger partial charge on any atom is -0.355 e. The van der Waals surface area contributed by atoms with Gasteiger partial charge in [0.2, 0.25) is 5.95 Å². The molecule has 0 saturated heterocycles. The minimum absolute atomic E-state index is 0.242. The van der Waals surface area contributed by atoms with Crippen molar-refractivity contribution >= 4 is 5.95 Å². The van der Waals surface area contributed by atoms with Gasteiger partial charge in [-0.2, -0.15) is 0 Å². The van der Waals surface area contributed by atoms with E-state index in [0.29, 0.717) is 11.6 Å². The Bertz CT molecular complexity index is 505. The summed E-state index contributed by atoms with van der Waals surface area (Å²) in [5.41, 5.74) is 1.55. The molecule has 4 heteroatoms. The highest BCUT2D eigenvalue weighted by Crippen LogP contribution is 2.19. The molecular formula is C13H16FN3. The van der Waals surface area contributed by atoms with Gasteiger partial charge in [-0.05, 0) is 31.0 Å². The van der Waals surface area contributed by atoms with Crippen molar-refractivity contribution in [2.24, 2.45) is 0 Å². The Kier molecular flexibility index (Phi) is 3.42. The zero-order chi connectivity index (χ0) is 12.3. The van der Waals surface area contributed by atoms with Crippen molar-refractivity contribution in [1.82, 2.24) is 9.55 Å². The summed E-state index contributed by atoms with van der Waals surface area (Å²) in [6, 6.07) is 5.05. The second kappa shape index (κ2) is 4.99. The lowest BCUT2D eigenvalue weighted by Crippen LogP contribution is -2.07. The topological polar surface area (TPSA) is 29.9 Å². The number of imidazole rings is 1. The monoisotopic (exact) mass is 233 g/mol. The number of benzene rings is 1. The van der Waals surface area contributed by atoms with E-state index in [4.69, 9.17) is 0 Å². The summed E-state index contributed by atoms with van der Waals surface area (Å²) in [5, 5.41) is 3.17. The van der Waals surface area contributed by atoms with Crippen molar-refractivity contribution in [3.63, 3.8) is 0 Å². The van der Waals surface area contributed by atoms with Crippen LogP contribution in [0.4, 0.5) is 10.3 Å². The molecule has 0 spiro atoms. The SMILES string of the molecule is CCCNc1nccn1-c1cc(C)ccc1F. The van der Waals surface area contributed by atoms with Gasteiger partial charge >= 0.3 is 0 Å². The van der Waals surface area contributed by atoms with E-state index in [2.05, 4.69) is 17.2 Å².